The van der Waals surface area contributed by atoms with E-state index < -0.39 is 12.1 Å². The van der Waals surface area contributed by atoms with E-state index in [1.54, 1.807) is 25.3 Å². The van der Waals surface area contributed by atoms with E-state index in [0.717, 1.165) is 16.7 Å². The van der Waals surface area contributed by atoms with Gasteiger partial charge in [-0.25, -0.2) is 9.78 Å². The number of pyridine rings is 1. The largest absolute Gasteiger partial charge is 0.451 e. The van der Waals surface area contributed by atoms with Crippen LogP contribution in [0.15, 0.2) is 48.8 Å². The number of H-pyrrole nitrogens is 1. The molecule has 3 rings (SSSR count). The zero-order valence-electron chi connectivity index (χ0n) is 14.3. The van der Waals surface area contributed by atoms with Gasteiger partial charge in [0.15, 0.2) is 6.10 Å². The molecule has 1 atom stereocenters. The maximum absolute atomic E-state index is 12.6. The third kappa shape index (κ3) is 3.38. The summed E-state index contributed by atoms with van der Waals surface area (Å²) >= 11 is 0. The Labute approximate surface area is 145 Å². The Morgan fingerprint density at radius 1 is 1.16 bits per heavy atom. The first-order valence-electron chi connectivity index (χ1n) is 7.92. The molecule has 0 aliphatic rings. The Morgan fingerprint density at radius 3 is 2.60 bits per heavy atom. The molecule has 128 valence electrons. The van der Waals surface area contributed by atoms with E-state index >= 15 is 0 Å². The number of anilines is 1. The lowest BCUT2D eigenvalue weighted by Crippen LogP contribution is -2.24. The number of carbonyl (C=O) groups excluding carboxylic acids is 2. The number of ketones is 1. The van der Waals surface area contributed by atoms with Crippen molar-refractivity contribution in [2.45, 2.75) is 13.0 Å². The van der Waals surface area contributed by atoms with Crippen LogP contribution in [0.25, 0.3) is 10.9 Å². The first kappa shape index (κ1) is 16.7. The number of benzene rings is 1. The minimum atomic E-state index is -0.889. The summed E-state index contributed by atoms with van der Waals surface area (Å²) in [5, 5.41) is 0.812. The molecule has 0 radical (unpaired) electrons. The van der Waals surface area contributed by atoms with Crippen molar-refractivity contribution in [3.63, 3.8) is 0 Å². The van der Waals surface area contributed by atoms with E-state index in [2.05, 4.69) is 9.97 Å². The van der Waals surface area contributed by atoms with Crippen LogP contribution in [0, 0.1) is 0 Å². The van der Waals surface area contributed by atoms with Crippen molar-refractivity contribution in [3.05, 3.63) is 59.9 Å². The maximum atomic E-state index is 12.6. The highest BCUT2D eigenvalue weighted by Gasteiger charge is 2.23. The summed E-state index contributed by atoms with van der Waals surface area (Å²) in [7, 11) is 3.73. The van der Waals surface area contributed by atoms with E-state index in [-0.39, 0.29) is 5.78 Å². The van der Waals surface area contributed by atoms with Crippen LogP contribution in [0.1, 0.15) is 27.6 Å². The van der Waals surface area contributed by atoms with E-state index in [1.165, 1.54) is 6.20 Å². The topological polar surface area (TPSA) is 75.3 Å². The smallest absolute Gasteiger partial charge is 0.340 e. The fourth-order valence-electron chi connectivity index (χ4n) is 2.55. The molecule has 6 nitrogen and oxygen atoms in total. The van der Waals surface area contributed by atoms with Crippen LogP contribution in [0.4, 0.5) is 5.82 Å². The number of aromatic nitrogens is 2. The second-order valence-electron chi connectivity index (χ2n) is 5.96. The molecule has 1 aromatic carbocycles. The summed E-state index contributed by atoms with van der Waals surface area (Å²) < 4.78 is 5.32. The van der Waals surface area contributed by atoms with Gasteiger partial charge < -0.3 is 14.6 Å². The average molecular weight is 337 g/mol. The predicted molar refractivity (Wildman–Crippen MR) is 96.1 cm³/mol. The lowest BCUT2D eigenvalue weighted by molar-refractivity contribution is 0.0319. The second-order valence-corrected chi connectivity index (χ2v) is 5.96. The number of esters is 1. The zero-order valence-corrected chi connectivity index (χ0v) is 14.3. The minimum Gasteiger partial charge on any atom is -0.451 e. The SMILES string of the molecule is CC(OC(=O)c1ccc(N(C)C)nc1)C(=O)c1c[nH]c2ccccc12. The van der Waals surface area contributed by atoms with Gasteiger partial charge in [-0.1, -0.05) is 18.2 Å². The van der Waals surface area contributed by atoms with Crippen LogP contribution in [0.5, 0.6) is 0 Å². The highest BCUT2D eigenvalue weighted by atomic mass is 16.5. The zero-order chi connectivity index (χ0) is 18.0. The van der Waals surface area contributed by atoms with Crippen molar-refractivity contribution in [2.24, 2.45) is 0 Å². The van der Waals surface area contributed by atoms with Crippen molar-refractivity contribution in [3.8, 4) is 0 Å². The highest BCUT2D eigenvalue weighted by Crippen LogP contribution is 2.20. The van der Waals surface area contributed by atoms with Gasteiger partial charge in [-0.15, -0.1) is 0 Å². The third-order valence-corrected chi connectivity index (χ3v) is 3.95. The maximum Gasteiger partial charge on any atom is 0.340 e. The molecule has 6 heteroatoms. The molecular formula is C19H19N3O3. The molecule has 3 aromatic rings. The van der Waals surface area contributed by atoms with E-state index in [0.29, 0.717) is 11.1 Å². The molecule has 0 bridgehead atoms. The summed E-state index contributed by atoms with van der Waals surface area (Å²) in [6.45, 7) is 1.57. The van der Waals surface area contributed by atoms with Crippen LogP contribution >= 0.6 is 0 Å². The predicted octanol–water partition coefficient (Wildman–Crippen LogP) is 3.06. The molecule has 0 fully saturated rings. The van der Waals surface area contributed by atoms with Crippen molar-refractivity contribution in [1.29, 1.82) is 0 Å². The number of fused-ring (bicyclic) bond motifs is 1. The third-order valence-electron chi connectivity index (χ3n) is 3.95. The van der Waals surface area contributed by atoms with Gasteiger partial charge in [0.25, 0.3) is 0 Å². The van der Waals surface area contributed by atoms with Crippen molar-refractivity contribution in [1.82, 2.24) is 9.97 Å². The first-order valence-corrected chi connectivity index (χ1v) is 7.92. The van der Waals surface area contributed by atoms with Crippen molar-refractivity contribution < 1.29 is 14.3 Å². The molecule has 1 N–H and O–H groups in total. The van der Waals surface area contributed by atoms with Gasteiger partial charge in [0.05, 0.1) is 5.56 Å². The molecule has 1 unspecified atom stereocenters. The van der Waals surface area contributed by atoms with Gasteiger partial charge in [0.2, 0.25) is 5.78 Å². The minimum absolute atomic E-state index is 0.247. The lowest BCUT2D eigenvalue weighted by Gasteiger charge is -2.13. The van der Waals surface area contributed by atoms with E-state index in [4.69, 9.17) is 4.74 Å². The molecular weight excluding hydrogens is 318 g/mol. The molecule has 0 saturated carbocycles. The van der Waals surface area contributed by atoms with E-state index in [9.17, 15) is 9.59 Å². The number of hydrogen-bond acceptors (Lipinski definition) is 5. The second kappa shape index (κ2) is 6.76. The van der Waals surface area contributed by atoms with Gasteiger partial charge in [-0.05, 0) is 25.1 Å². The Bertz CT molecular complexity index is 913. The Kier molecular flexibility index (Phi) is 4.52. The molecule has 0 amide bonds. The number of Topliss-reactive ketones (excluding diaryl/α,β-unsaturated/α-hetero) is 1. The Balaban J connectivity index is 1.73. The Morgan fingerprint density at radius 2 is 1.92 bits per heavy atom. The standard InChI is InChI=1S/C19H19N3O3/c1-12(18(23)15-11-20-16-7-5-4-6-14(15)16)25-19(24)13-8-9-17(21-10-13)22(2)3/h4-12,20H,1-3H3. The molecule has 2 heterocycles. The van der Waals surface area contributed by atoms with Gasteiger partial charge in [-0.2, -0.15) is 0 Å². The number of ether oxygens (including phenoxy) is 1. The molecule has 0 spiro atoms. The summed E-state index contributed by atoms with van der Waals surface area (Å²) in [4.78, 5) is 33.9. The highest BCUT2D eigenvalue weighted by molar-refractivity contribution is 6.10. The van der Waals surface area contributed by atoms with Crippen LogP contribution < -0.4 is 4.90 Å². The monoisotopic (exact) mass is 337 g/mol. The number of hydrogen-bond donors (Lipinski definition) is 1. The fraction of sp³-hybridized carbons (Fsp3) is 0.211. The summed E-state index contributed by atoms with van der Waals surface area (Å²) in [5.74, 6) is -0.0818. The molecule has 0 saturated heterocycles. The van der Waals surface area contributed by atoms with Crippen LogP contribution in [-0.4, -0.2) is 41.9 Å². The van der Waals surface area contributed by atoms with E-state index in [1.807, 2.05) is 43.3 Å². The number of nitrogens with one attached hydrogen (secondary N) is 1. The number of carbonyl (C=O) groups is 2. The van der Waals surface area contributed by atoms with Crippen LogP contribution in [0.2, 0.25) is 0 Å². The average Bonchev–Trinajstić information content (AvgIpc) is 3.05. The first-order chi connectivity index (χ1) is 12.0. The van der Waals surface area contributed by atoms with Gasteiger partial charge in [0.1, 0.15) is 5.82 Å². The Hall–Kier alpha value is -3.15. The van der Waals surface area contributed by atoms with Gasteiger partial charge in [-0.3, -0.25) is 4.79 Å². The normalized spacial score (nSPS) is 12.0. The van der Waals surface area contributed by atoms with Crippen LogP contribution in [-0.2, 0) is 4.74 Å². The summed E-state index contributed by atoms with van der Waals surface area (Å²) in [5.41, 5.74) is 1.69. The number of aromatic amines is 1. The molecule has 25 heavy (non-hydrogen) atoms. The summed E-state index contributed by atoms with van der Waals surface area (Å²) in [6, 6.07) is 10.9. The molecule has 2 aromatic heterocycles. The molecule has 0 aliphatic carbocycles. The summed E-state index contributed by atoms with van der Waals surface area (Å²) in [6.07, 6.45) is 2.20. The number of rotatable bonds is 5. The number of nitrogens with zero attached hydrogens (tertiary/aromatic N) is 2. The van der Waals surface area contributed by atoms with Gasteiger partial charge >= 0.3 is 5.97 Å². The fourth-order valence-corrected chi connectivity index (χ4v) is 2.55. The van der Waals surface area contributed by atoms with Crippen LogP contribution in [0.3, 0.4) is 0 Å². The quantitative estimate of drug-likeness (QED) is 0.572. The molecule has 0 aliphatic heterocycles. The number of para-hydroxylation sites is 1. The lowest BCUT2D eigenvalue weighted by atomic mass is 10.1. The van der Waals surface area contributed by atoms with Crippen molar-refractivity contribution >= 4 is 28.5 Å². The van der Waals surface area contributed by atoms with Gasteiger partial charge in [0, 0.05) is 43.0 Å². The van der Waals surface area contributed by atoms with Crippen molar-refractivity contribution in [2.75, 3.05) is 19.0 Å².